The predicted octanol–water partition coefficient (Wildman–Crippen LogP) is 4.42. The zero-order valence-electron chi connectivity index (χ0n) is 9.01. The van der Waals surface area contributed by atoms with Gasteiger partial charge in [-0.3, -0.25) is 0 Å². The maximum atomic E-state index is 6.16. The van der Waals surface area contributed by atoms with Gasteiger partial charge in [-0.05, 0) is 25.3 Å². The summed E-state index contributed by atoms with van der Waals surface area (Å²) in [7, 11) is 0. The van der Waals surface area contributed by atoms with E-state index in [1.807, 2.05) is 0 Å². The highest BCUT2D eigenvalue weighted by Crippen LogP contribution is 2.35. The number of pyridine rings is 1. The summed E-state index contributed by atoms with van der Waals surface area (Å²) < 4.78 is 0. The quantitative estimate of drug-likeness (QED) is 0.745. The first-order chi connectivity index (χ1) is 7.63. The van der Waals surface area contributed by atoms with Gasteiger partial charge in [-0.25, -0.2) is 4.98 Å². The normalized spacial score (nSPS) is 20.5. The van der Waals surface area contributed by atoms with E-state index in [4.69, 9.17) is 34.8 Å². The van der Waals surface area contributed by atoms with Crippen LogP contribution in [0.15, 0.2) is 6.07 Å². The zero-order chi connectivity index (χ0) is 11.7. The Labute approximate surface area is 111 Å². The van der Waals surface area contributed by atoms with Gasteiger partial charge in [0.1, 0.15) is 11.0 Å². The van der Waals surface area contributed by atoms with E-state index >= 15 is 0 Å². The number of rotatable bonds is 2. The third kappa shape index (κ3) is 2.24. The van der Waals surface area contributed by atoms with Crippen LogP contribution in [-0.4, -0.2) is 17.6 Å². The maximum Gasteiger partial charge on any atom is 0.150 e. The summed E-state index contributed by atoms with van der Waals surface area (Å²) in [5, 5.41) is 1.31. The smallest absolute Gasteiger partial charge is 0.150 e. The van der Waals surface area contributed by atoms with Crippen molar-refractivity contribution in [2.45, 2.75) is 32.2 Å². The summed E-state index contributed by atoms with van der Waals surface area (Å²) in [6.07, 6.45) is 3.46. The van der Waals surface area contributed by atoms with Crippen molar-refractivity contribution >= 4 is 40.6 Å². The van der Waals surface area contributed by atoms with E-state index in [0.29, 0.717) is 21.2 Å². The van der Waals surface area contributed by atoms with Crippen LogP contribution in [0.3, 0.4) is 0 Å². The summed E-state index contributed by atoms with van der Waals surface area (Å²) in [6, 6.07) is 2.18. The van der Waals surface area contributed by atoms with E-state index in [0.717, 1.165) is 18.8 Å². The molecule has 2 nitrogen and oxygen atoms in total. The monoisotopic (exact) mass is 278 g/mol. The summed E-state index contributed by atoms with van der Waals surface area (Å²) in [5.74, 6) is 0.764. The highest BCUT2D eigenvalue weighted by Gasteiger charge is 2.26. The SMILES string of the molecule is CCC1CCCN1c1nc(Cl)c(Cl)cc1Cl. The minimum Gasteiger partial charge on any atom is -0.352 e. The Balaban J connectivity index is 2.36. The molecule has 2 heterocycles. The van der Waals surface area contributed by atoms with Crippen LogP contribution in [0.5, 0.6) is 0 Å². The average Bonchev–Trinajstić information content (AvgIpc) is 2.71. The molecule has 0 aromatic carbocycles. The van der Waals surface area contributed by atoms with Gasteiger partial charge in [-0.15, -0.1) is 0 Å². The lowest BCUT2D eigenvalue weighted by molar-refractivity contribution is 0.641. The zero-order valence-corrected chi connectivity index (χ0v) is 11.3. The molecule has 0 radical (unpaired) electrons. The van der Waals surface area contributed by atoms with Crippen LogP contribution < -0.4 is 4.90 Å². The van der Waals surface area contributed by atoms with Gasteiger partial charge in [0.2, 0.25) is 0 Å². The number of hydrogen-bond acceptors (Lipinski definition) is 2. The largest absolute Gasteiger partial charge is 0.352 e. The van der Waals surface area contributed by atoms with Crippen molar-refractivity contribution in [1.29, 1.82) is 0 Å². The molecule has 88 valence electrons. The number of anilines is 1. The van der Waals surface area contributed by atoms with E-state index in [1.54, 1.807) is 6.07 Å². The first kappa shape index (κ1) is 12.3. The van der Waals surface area contributed by atoms with Crippen molar-refractivity contribution in [3.63, 3.8) is 0 Å². The van der Waals surface area contributed by atoms with E-state index in [1.165, 1.54) is 12.8 Å². The fourth-order valence-electron chi connectivity index (χ4n) is 2.18. The molecule has 0 saturated carbocycles. The second-order valence-corrected chi connectivity index (χ2v) is 5.14. The van der Waals surface area contributed by atoms with E-state index < -0.39 is 0 Å². The molecule has 0 aliphatic carbocycles. The highest BCUT2D eigenvalue weighted by atomic mass is 35.5. The molecule has 0 amide bonds. The van der Waals surface area contributed by atoms with Crippen LogP contribution >= 0.6 is 34.8 Å². The first-order valence-electron chi connectivity index (χ1n) is 5.41. The summed E-state index contributed by atoms with van der Waals surface area (Å²) in [6.45, 7) is 3.16. The molecule has 1 aromatic heterocycles. The van der Waals surface area contributed by atoms with Crippen LogP contribution in [-0.2, 0) is 0 Å². The van der Waals surface area contributed by atoms with Gasteiger partial charge in [-0.2, -0.15) is 0 Å². The van der Waals surface area contributed by atoms with E-state index in [2.05, 4.69) is 16.8 Å². The highest BCUT2D eigenvalue weighted by molar-refractivity contribution is 6.42. The Morgan fingerprint density at radius 1 is 1.38 bits per heavy atom. The molecule has 0 N–H and O–H groups in total. The van der Waals surface area contributed by atoms with Crippen LogP contribution in [0.25, 0.3) is 0 Å². The Kier molecular flexibility index (Phi) is 3.83. The second kappa shape index (κ2) is 4.99. The van der Waals surface area contributed by atoms with E-state index in [9.17, 15) is 0 Å². The molecule has 1 atom stereocenters. The van der Waals surface area contributed by atoms with Gasteiger partial charge < -0.3 is 4.90 Å². The molecule has 16 heavy (non-hydrogen) atoms. The van der Waals surface area contributed by atoms with Gasteiger partial charge in [0, 0.05) is 12.6 Å². The van der Waals surface area contributed by atoms with Crippen LogP contribution in [0, 0.1) is 0 Å². The Bertz CT molecular complexity index is 395. The third-order valence-corrected chi connectivity index (χ3v) is 3.94. The number of halogens is 3. The molecule has 5 heteroatoms. The van der Waals surface area contributed by atoms with Crippen molar-refractivity contribution in [1.82, 2.24) is 4.98 Å². The lowest BCUT2D eigenvalue weighted by Gasteiger charge is -2.25. The molecule has 2 rings (SSSR count). The van der Waals surface area contributed by atoms with E-state index in [-0.39, 0.29) is 0 Å². The molecular weight excluding hydrogens is 266 g/mol. The fourth-order valence-corrected chi connectivity index (χ4v) is 2.78. The summed E-state index contributed by atoms with van der Waals surface area (Å²) in [5.41, 5.74) is 0. The van der Waals surface area contributed by atoms with Gasteiger partial charge in [0.05, 0.1) is 10.0 Å². The average molecular weight is 280 g/mol. The Morgan fingerprint density at radius 2 is 2.12 bits per heavy atom. The van der Waals surface area contributed by atoms with Gasteiger partial charge in [0.15, 0.2) is 0 Å². The topological polar surface area (TPSA) is 16.1 Å². The van der Waals surface area contributed by atoms with Crippen LogP contribution in [0.2, 0.25) is 15.2 Å². The molecule has 1 fully saturated rings. The second-order valence-electron chi connectivity index (χ2n) is 3.96. The maximum absolute atomic E-state index is 6.16. The van der Waals surface area contributed by atoms with Crippen molar-refractivity contribution in [2.24, 2.45) is 0 Å². The molecular formula is C11H13Cl3N2. The molecule has 1 unspecified atom stereocenters. The standard InChI is InChI=1S/C11H13Cl3N2/c1-2-7-4-3-5-16(7)11-9(13)6-8(12)10(14)15-11/h6-7H,2-5H2,1H3. The number of aromatic nitrogens is 1. The Hall–Kier alpha value is -0.180. The molecule has 0 bridgehead atoms. The summed E-state index contributed by atoms with van der Waals surface area (Å²) in [4.78, 5) is 6.51. The van der Waals surface area contributed by atoms with Gasteiger partial charge in [0.25, 0.3) is 0 Å². The van der Waals surface area contributed by atoms with Gasteiger partial charge >= 0.3 is 0 Å². The molecule has 1 saturated heterocycles. The Morgan fingerprint density at radius 3 is 2.81 bits per heavy atom. The lowest BCUT2D eigenvalue weighted by Crippen LogP contribution is -2.29. The molecule has 0 spiro atoms. The minimum atomic E-state index is 0.322. The summed E-state index contributed by atoms with van der Waals surface area (Å²) >= 11 is 17.9. The number of hydrogen-bond donors (Lipinski definition) is 0. The third-order valence-electron chi connectivity index (χ3n) is 2.99. The molecule has 1 aliphatic heterocycles. The van der Waals surface area contributed by atoms with Crippen molar-refractivity contribution in [3.8, 4) is 0 Å². The van der Waals surface area contributed by atoms with Gasteiger partial charge in [-0.1, -0.05) is 41.7 Å². The molecule has 1 aromatic rings. The van der Waals surface area contributed by atoms with Crippen LogP contribution in [0.4, 0.5) is 5.82 Å². The van der Waals surface area contributed by atoms with Crippen molar-refractivity contribution in [3.05, 3.63) is 21.3 Å². The van der Waals surface area contributed by atoms with Crippen molar-refractivity contribution < 1.29 is 0 Å². The molecule has 1 aliphatic rings. The number of nitrogens with zero attached hydrogens (tertiary/aromatic N) is 2. The van der Waals surface area contributed by atoms with Crippen molar-refractivity contribution in [2.75, 3.05) is 11.4 Å². The first-order valence-corrected chi connectivity index (χ1v) is 6.55. The predicted molar refractivity (Wildman–Crippen MR) is 69.9 cm³/mol. The minimum absolute atomic E-state index is 0.322. The lowest BCUT2D eigenvalue weighted by atomic mass is 10.2. The fraction of sp³-hybridized carbons (Fsp3) is 0.545. The van der Waals surface area contributed by atoms with Crippen LogP contribution in [0.1, 0.15) is 26.2 Å².